The van der Waals surface area contributed by atoms with E-state index in [-0.39, 0.29) is 0 Å². The van der Waals surface area contributed by atoms with Crippen LogP contribution in [0.25, 0.3) is 21.5 Å². The smallest absolute Gasteiger partial charge is 0.437 e. The summed E-state index contributed by atoms with van der Waals surface area (Å²) < 4.78 is 10.1. The average Bonchev–Trinajstić information content (AvgIpc) is 2.48. The van der Waals surface area contributed by atoms with Crippen LogP contribution in [0.4, 0.5) is 4.79 Å². The lowest BCUT2D eigenvalue weighted by Crippen LogP contribution is -2.08. The molecular weight excluding hydrogens is 264 g/mol. The van der Waals surface area contributed by atoms with Crippen LogP contribution in [0.15, 0.2) is 42.5 Å². The second kappa shape index (κ2) is 5.09. The van der Waals surface area contributed by atoms with E-state index in [1.807, 2.05) is 50.2 Å². The molecule has 0 saturated heterocycles. The van der Waals surface area contributed by atoms with Crippen molar-refractivity contribution >= 4 is 27.7 Å². The SMILES string of the molecule is COC(=O)Oc1c2cc(C)ccc2cc2c(C)cccc12. The first kappa shape index (κ1) is 13.4. The van der Waals surface area contributed by atoms with Gasteiger partial charge in [0.25, 0.3) is 0 Å². The first-order valence-electron chi connectivity index (χ1n) is 6.78. The predicted octanol–water partition coefficient (Wildman–Crippen LogP) is 4.76. The molecule has 3 rings (SSSR count). The molecule has 3 nitrogen and oxygen atoms in total. The molecule has 0 aliphatic carbocycles. The molecule has 0 aliphatic heterocycles. The van der Waals surface area contributed by atoms with Crippen LogP contribution in [0, 0.1) is 13.8 Å². The van der Waals surface area contributed by atoms with E-state index in [1.54, 1.807) is 0 Å². The Kier molecular flexibility index (Phi) is 3.26. The molecule has 21 heavy (non-hydrogen) atoms. The molecule has 3 heteroatoms. The highest BCUT2D eigenvalue weighted by atomic mass is 16.7. The molecule has 0 amide bonds. The maximum atomic E-state index is 11.6. The number of rotatable bonds is 1. The van der Waals surface area contributed by atoms with Crippen LogP contribution >= 0.6 is 0 Å². The lowest BCUT2D eigenvalue weighted by molar-refractivity contribution is 0.122. The van der Waals surface area contributed by atoms with E-state index >= 15 is 0 Å². The third-order valence-electron chi connectivity index (χ3n) is 3.67. The molecule has 0 N–H and O–H groups in total. The van der Waals surface area contributed by atoms with Gasteiger partial charge in [0.2, 0.25) is 0 Å². The van der Waals surface area contributed by atoms with Crippen LogP contribution < -0.4 is 4.74 Å². The number of methoxy groups -OCH3 is 1. The van der Waals surface area contributed by atoms with Crippen molar-refractivity contribution in [3.05, 3.63) is 53.6 Å². The standard InChI is InChI=1S/C18H16O3/c1-11-7-8-13-10-15-12(2)5-4-6-14(15)17(16(13)9-11)21-18(19)20-3/h4-10H,1-3H3. The van der Waals surface area contributed by atoms with Gasteiger partial charge in [-0.1, -0.05) is 35.9 Å². The van der Waals surface area contributed by atoms with Gasteiger partial charge in [0, 0.05) is 10.8 Å². The summed E-state index contributed by atoms with van der Waals surface area (Å²) in [6.07, 6.45) is -0.702. The summed E-state index contributed by atoms with van der Waals surface area (Å²) >= 11 is 0. The van der Waals surface area contributed by atoms with E-state index in [4.69, 9.17) is 4.74 Å². The van der Waals surface area contributed by atoms with Crippen LogP contribution in [0.5, 0.6) is 5.75 Å². The molecule has 0 unspecified atom stereocenters. The summed E-state index contributed by atoms with van der Waals surface area (Å²) in [5.74, 6) is 0.557. The summed E-state index contributed by atoms with van der Waals surface area (Å²) in [6.45, 7) is 4.06. The Bertz CT molecular complexity index is 846. The van der Waals surface area contributed by atoms with Gasteiger partial charge in [-0.2, -0.15) is 0 Å². The Balaban J connectivity index is 2.42. The Morgan fingerprint density at radius 1 is 0.952 bits per heavy atom. The van der Waals surface area contributed by atoms with Crippen molar-refractivity contribution in [2.75, 3.05) is 7.11 Å². The van der Waals surface area contributed by atoms with Crippen molar-refractivity contribution in [2.45, 2.75) is 13.8 Å². The molecule has 3 aromatic rings. The highest BCUT2D eigenvalue weighted by Crippen LogP contribution is 2.36. The van der Waals surface area contributed by atoms with E-state index in [0.717, 1.165) is 32.7 Å². The van der Waals surface area contributed by atoms with Gasteiger partial charge < -0.3 is 9.47 Å². The molecule has 0 fully saturated rings. The lowest BCUT2D eigenvalue weighted by atomic mass is 9.98. The number of fused-ring (bicyclic) bond motifs is 2. The monoisotopic (exact) mass is 280 g/mol. The van der Waals surface area contributed by atoms with E-state index in [0.29, 0.717) is 5.75 Å². The van der Waals surface area contributed by atoms with Gasteiger partial charge in [-0.25, -0.2) is 4.79 Å². The number of ether oxygens (including phenoxy) is 2. The number of aryl methyl sites for hydroxylation is 2. The van der Waals surface area contributed by atoms with Crippen LogP contribution in [-0.2, 0) is 4.74 Å². The van der Waals surface area contributed by atoms with E-state index in [9.17, 15) is 4.79 Å². The first-order chi connectivity index (χ1) is 10.1. The zero-order chi connectivity index (χ0) is 15.0. The van der Waals surface area contributed by atoms with Crippen LogP contribution in [0.3, 0.4) is 0 Å². The fraction of sp³-hybridized carbons (Fsp3) is 0.167. The Hall–Kier alpha value is -2.55. The number of carbonyl (C=O) groups excluding carboxylic acids is 1. The van der Waals surface area contributed by atoms with Crippen molar-refractivity contribution in [3.63, 3.8) is 0 Å². The van der Waals surface area contributed by atoms with Crippen LogP contribution in [0.2, 0.25) is 0 Å². The summed E-state index contributed by atoms with van der Waals surface area (Å²) in [5.41, 5.74) is 2.26. The van der Waals surface area contributed by atoms with Gasteiger partial charge >= 0.3 is 6.16 Å². The Morgan fingerprint density at radius 3 is 2.52 bits per heavy atom. The van der Waals surface area contributed by atoms with Crippen LogP contribution in [0.1, 0.15) is 11.1 Å². The average molecular weight is 280 g/mol. The fourth-order valence-electron chi connectivity index (χ4n) is 2.60. The molecule has 0 aliphatic rings. The molecule has 0 radical (unpaired) electrons. The fourth-order valence-corrected chi connectivity index (χ4v) is 2.60. The topological polar surface area (TPSA) is 35.5 Å². The van der Waals surface area contributed by atoms with E-state index in [1.165, 1.54) is 7.11 Å². The van der Waals surface area contributed by atoms with Crippen LogP contribution in [-0.4, -0.2) is 13.3 Å². The normalized spacial score (nSPS) is 10.8. The molecule has 0 heterocycles. The highest BCUT2D eigenvalue weighted by Gasteiger charge is 2.14. The van der Waals surface area contributed by atoms with Gasteiger partial charge in [0.15, 0.2) is 0 Å². The molecule has 106 valence electrons. The summed E-state index contributed by atoms with van der Waals surface area (Å²) in [7, 11) is 1.31. The molecule has 0 aromatic heterocycles. The van der Waals surface area contributed by atoms with Gasteiger partial charge in [-0.15, -0.1) is 0 Å². The summed E-state index contributed by atoms with van der Waals surface area (Å²) in [4.78, 5) is 11.6. The zero-order valence-electron chi connectivity index (χ0n) is 12.3. The molecule has 0 bridgehead atoms. The maximum absolute atomic E-state index is 11.6. The lowest BCUT2D eigenvalue weighted by Gasteiger charge is -2.13. The van der Waals surface area contributed by atoms with Gasteiger partial charge in [0.1, 0.15) is 5.75 Å². The number of benzene rings is 3. The predicted molar refractivity (Wildman–Crippen MR) is 84.0 cm³/mol. The third-order valence-corrected chi connectivity index (χ3v) is 3.67. The number of hydrogen-bond donors (Lipinski definition) is 0. The number of carbonyl (C=O) groups is 1. The quantitative estimate of drug-likeness (QED) is 0.366. The highest BCUT2D eigenvalue weighted by molar-refractivity contribution is 6.07. The van der Waals surface area contributed by atoms with Crippen molar-refractivity contribution < 1.29 is 14.3 Å². The molecule has 3 aromatic carbocycles. The van der Waals surface area contributed by atoms with E-state index in [2.05, 4.69) is 10.8 Å². The second-order valence-corrected chi connectivity index (χ2v) is 5.16. The first-order valence-corrected chi connectivity index (χ1v) is 6.78. The van der Waals surface area contributed by atoms with Gasteiger partial charge in [-0.05, 0) is 42.3 Å². The van der Waals surface area contributed by atoms with Crippen molar-refractivity contribution in [3.8, 4) is 5.75 Å². The number of hydrogen-bond acceptors (Lipinski definition) is 3. The third kappa shape index (κ3) is 2.31. The van der Waals surface area contributed by atoms with E-state index < -0.39 is 6.16 Å². The zero-order valence-corrected chi connectivity index (χ0v) is 12.3. The van der Waals surface area contributed by atoms with Crippen molar-refractivity contribution in [2.24, 2.45) is 0 Å². The minimum absolute atomic E-state index is 0.557. The molecule has 0 spiro atoms. The van der Waals surface area contributed by atoms with Gasteiger partial charge in [-0.3, -0.25) is 0 Å². The minimum atomic E-state index is -0.702. The second-order valence-electron chi connectivity index (χ2n) is 5.16. The molecule has 0 saturated carbocycles. The molecule has 0 atom stereocenters. The van der Waals surface area contributed by atoms with Crippen molar-refractivity contribution in [1.29, 1.82) is 0 Å². The Morgan fingerprint density at radius 2 is 1.76 bits per heavy atom. The summed E-state index contributed by atoms with van der Waals surface area (Å²) in [6, 6.07) is 14.2. The largest absolute Gasteiger partial charge is 0.513 e. The van der Waals surface area contributed by atoms with Crippen molar-refractivity contribution in [1.82, 2.24) is 0 Å². The Labute approximate surface area is 123 Å². The molecular formula is C18H16O3. The maximum Gasteiger partial charge on any atom is 0.513 e. The minimum Gasteiger partial charge on any atom is -0.437 e. The summed E-state index contributed by atoms with van der Waals surface area (Å²) in [5, 5.41) is 3.95. The van der Waals surface area contributed by atoms with Gasteiger partial charge in [0.05, 0.1) is 7.11 Å².